The summed E-state index contributed by atoms with van der Waals surface area (Å²) < 4.78 is 49.4. The Morgan fingerprint density at radius 1 is 0.825 bits per heavy atom. The van der Waals surface area contributed by atoms with Crippen molar-refractivity contribution < 1.29 is 17.9 Å². The maximum Gasteiger partial charge on any atom is 0.386 e. The highest BCUT2D eigenvalue weighted by molar-refractivity contribution is 5.29. The van der Waals surface area contributed by atoms with Crippen molar-refractivity contribution in [2.24, 2.45) is 11.8 Å². The van der Waals surface area contributed by atoms with Gasteiger partial charge in [0.05, 0.1) is 12.2 Å². The Hall–Kier alpha value is -2.33. The molecule has 0 heterocycles. The Bertz CT molecular complexity index is 1070. The molecule has 0 unspecified atom stereocenters. The monoisotopic (exact) mass is 552 g/mol. The van der Waals surface area contributed by atoms with Crippen LogP contribution in [-0.4, -0.2) is 6.61 Å². The van der Waals surface area contributed by atoms with Gasteiger partial charge in [-0.25, -0.2) is 4.39 Å². The first kappa shape index (κ1) is 30.6. The normalized spacial score (nSPS) is 23.9. The number of benzene rings is 2. The van der Waals surface area contributed by atoms with Crippen LogP contribution in [0.25, 0.3) is 0 Å². The standard InChI is InChI=1S/C36H47F3O/c1-3-5-7-9-28-10-16-30(17-11-28)31-18-14-29(15-19-31)24-25-40-36(38,39)34-23-22-33(26-35(34)37)32-20-12-27(13-21-32)8-6-4-2/h3-5,14-15,18-19,22-23,26-28,30,32H,2,6-13,16-17,20-21,24-25H2,1H3/b5-3+/t27-,28-,30-,32-. The van der Waals surface area contributed by atoms with Crippen LogP contribution < -0.4 is 0 Å². The SMILES string of the molecule is C=CCC[C@H]1CC[C@H](c2ccc(C(F)(F)OCCc3ccc([C@H]4CC[C@H](CC/C=C/C)CC4)cc3)c(F)c2)CC1. The zero-order chi connectivity index (χ0) is 28.4. The quantitative estimate of drug-likeness (QED) is 0.225. The van der Waals surface area contributed by atoms with E-state index in [2.05, 4.69) is 37.8 Å². The van der Waals surface area contributed by atoms with Gasteiger partial charge in [-0.3, -0.25) is 0 Å². The van der Waals surface area contributed by atoms with Gasteiger partial charge >= 0.3 is 6.11 Å². The lowest BCUT2D eigenvalue weighted by Gasteiger charge is -2.29. The third-order valence-corrected chi connectivity index (χ3v) is 9.35. The number of allylic oxidation sites excluding steroid dienone is 3. The topological polar surface area (TPSA) is 9.23 Å². The largest absolute Gasteiger partial charge is 0.386 e. The lowest BCUT2D eigenvalue weighted by Crippen LogP contribution is -2.22. The van der Waals surface area contributed by atoms with Gasteiger partial charge in [-0.15, -0.1) is 6.58 Å². The smallest absolute Gasteiger partial charge is 0.316 e. The van der Waals surface area contributed by atoms with Crippen LogP contribution in [0.5, 0.6) is 0 Å². The van der Waals surface area contributed by atoms with Crippen LogP contribution >= 0.6 is 0 Å². The highest BCUT2D eigenvalue weighted by Crippen LogP contribution is 2.40. The summed E-state index contributed by atoms with van der Waals surface area (Å²) in [5, 5.41) is 0. The number of ether oxygens (including phenoxy) is 1. The van der Waals surface area contributed by atoms with Gasteiger partial charge in [0.15, 0.2) is 0 Å². The van der Waals surface area contributed by atoms with Crippen molar-refractivity contribution in [3.8, 4) is 0 Å². The van der Waals surface area contributed by atoms with Gasteiger partial charge in [0.25, 0.3) is 0 Å². The van der Waals surface area contributed by atoms with Gasteiger partial charge in [-0.05, 0) is 143 Å². The minimum Gasteiger partial charge on any atom is -0.316 e. The predicted octanol–water partition coefficient (Wildman–Crippen LogP) is 11.0. The molecular weight excluding hydrogens is 505 g/mol. The molecular formula is C36H47F3O. The second kappa shape index (κ2) is 15.1. The summed E-state index contributed by atoms with van der Waals surface area (Å²) in [6.45, 7) is 5.70. The van der Waals surface area contributed by atoms with Gasteiger partial charge in [0, 0.05) is 0 Å². The molecule has 2 aromatic carbocycles. The van der Waals surface area contributed by atoms with Crippen LogP contribution in [0.3, 0.4) is 0 Å². The molecule has 1 nitrogen and oxygen atoms in total. The van der Waals surface area contributed by atoms with Crippen molar-refractivity contribution in [2.75, 3.05) is 6.61 Å². The highest BCUT2D eigenvalue weighted by Gasteiger charge is 2.36. The van der Waals surface area contributed by atoms with E-state index in [9.17, 15) is 13.2 Å². The molecule has 0 atom stereocenters. The van der Waals surface area contributed by atoms with E-state index in [1.165, 1.54) is 56.2 Å². The van der Waals surface area contributed by atoms with Crippen molar-refractivity contribution in [3.05, 3.63) is 95.3 Å². The fourth-order valence-electron chi connectivity index (χ4n) is 6.77. The van der Waals surface area contributed by atoms with Crippen LogP contribution in [-0.2, 0) is 17.3 Å². The Morgan fingerprint density at radius 2 is 1.40 bits per heavy atom. The summed E-state index contributed by atoms with van der Waals surface area (Å²) in [5.74, 6) is 1.46. The highest BCUT2D eigenvalue weighted by atomic mass is 19.3. The molecule has 2 fully saturated rings. The molecule has 0 bridgehead atoms. The maximum absolute atomic E-state index is 14.8. The van der Waals surface area contributed by atoms with Crippen LogP contribution in [0.2, 0.25) is 0 Å². The molecule has 0 radical (unpaired) electrons. The number of rotatable bonds is 13. The van der Waals surface area contributed by atoms with Crippen molar-refractivity contribution in [3.63, 3.8) is 0 Å². The van der Waals surface area contributed by atoms with Crippen LogP contribution in [0.15, 0.2) is 67.3 Å². The summed E-state index contributed by atoms with van der Waals surface area (Å²) in [5.41, 5.74) is 2.45. The Balaban J connectivity index is 1.23. The zero-order valence-electron chi connectivity index (χ0n) is 24.2. The van der Waals surface area contributed by atoms with E-state index in [0.717, 1.165) is 55.6 Å². The number of hydrogen-bond donors (Lipinski definition) is 0. The molecule has 2 saturated carbocycles. The first-order chi connectivity index (χ1) is 19.4. The van der Waals surface area contributed by atoms with Gasteiger partial charge in [0.2, 0.25) is 0 Å². The van der Waals surface area contributed by atoms with E-state index < -0.39 is 17.5 Å². The molecule has 2 aliphatic rings. The molecule has 40 heavy (non-hydrogen) atoms. The van der Waals surface area contributed by atoms with Crippen molar-refractivity contribution in [1.29, 1.82) is 0 Å². The Morgan fingerprint density at radius 3 is 1.98 bits per heavy atom. The predicted molar refractivity (Wildman–Crippen MR) is 159 cm³/mol. The second-order valence-corrected chi connectivity index (χ2v) is 12.0. The van der Waals surface area contributed by atoms with Crippen LogP contribution in [0, 0.1) is 17.7 Å². The van der Waals surface area contributed by atoms with Gasteiger partial charge in [0.1, 0.15) is 5.82 Å². The molecule has 0 N–H and O–H groups in total. The molecule has 4 heteroatoms. The fourth-order valence-corrected chi connectivity index (χ4v) is 6.77. The summed E-state index contributed by atoms with van der Waals surface area (Å²) in [4.78, 5) is 0. The summed E-state index contributed by atoms with van der Waals surface area (Å²) in [6, 6.07) is 12.5. The first-order valence-electron chi connectivity index (χ1n) is 15.5. The van der Waals surface area contributed by atoms with Crippen LogP contribution in [0.1, 0.15) is 118 Å². The third-order valence-electron chi connectivity index (χ3n) is 9.35. The molecule has 2 aromatic rings. The van der Waals surface area contributed by atoms with E-state index in [4.69, 9.17) is 4.74 Å². The molecule has 0 amide bonds. The third kappa shape index (κ3) is 8.59. The van der Waals surface area contributed by atoms with Crippen molar-refractivity contribution >= 4 is 0 Å². The second-order valence-electron chi connectivity index (χ2n) is 12.0. The lowest BCUT2D eigenvalue weighted by molar-refractivity contribution is -0.249. The average Bonchev–Trinajstić information content (AvgIpc) is 2.97. The summed E-state index contributed by atoms with van der Waals surface area (Å²) in [6.07, 6.45) is 16.8. The molecule has 0 aromatic heterocycles. The average molecular weight is 553 g/mol. The van der Waals surface area contributed by atoms with Gasteiger partial charge in [-0.1, -0.05) is 48.6 Å². The first-order valence-corrected chi connectivity index (χ1v) is 15.5. The van der Waals surface area contributed by atoms with E-state index in [0.29, 0.717) is 18.3 Å². The fraction of sp³-hybridized carbons (Fsp3) is 0.556. The van der Waals surface area contributed by atoms with Crippen molar-refractivity contribution in [1.82, 2.24) is 0 Å². The maximum atomic E-state index is 14.8. The Labute approximate surface area is 239 Å². The zero-order valence-corrected chi connectivity index (χ0v) is 24.2. The molecule has 2 aliphatic carbocycles. The minimum absolute atomic E-state index is 0.167. The van der Waals surface area contributed by atoms with Crippen LogP contribution in [0.4, 0.5) is 13.2 Å². The minimum atomic E-state index is -3.66. The van der Waals surface area contributed by atoms with E-state index in [1.807, 2.05) is 18.2 Å². The molecule has 4 rings (SSSR count). The van der Waals surface area contributed by atoms with E-state index >= 15 is 0 Å². The molecule has 0 spiro atoms. The van der Waals surface area contributed by atoms with Gasteiger partial charge < -0.3 is 4.74 Å². The Kier molecular flexibility index (Phi) is 11.5. The molecule has 0 saturated heterocycles. The van der Waals surface area contributed by atoms with E-state index in [1.54, 1.807) is 6.07 Å². The summed E-state index contributed by atoms with van der Waals surface area (Å²) in [7, 11) is 0. The van der Waals surface area contributed by atoms with Crippen molar-refractivity contribution in [2.45, 2.75) is 108 Å². The number of alkyl halides is 2. The number of halogens is 3. The summed E-state index contributed by atoms with van der Waals surface area (Å²) >= 11 is 0. The lowest BCUT2D eigenvalue weighted by atomic mass is 9.77. The van der Waals surface area contributed by atoms with Gasteiger partial charge in [-0.2, -0.15) is 8.78 Å². The number of hydrogen-bond acceptors (Lipinski definition) is 1. The van der Waals surface area contributed by atoms with E-state index in [-0.39, 0.29) is 12.5 Å². The molecule has 218 valence electrons. The molecule has 0 aliphatic heterocycles.